The Morgan fingerprint density at radius 3 is 2.71 bits per heavy atom. The van der Waals surface area contributed by atoms with Crippen LogP contribution in [0.5, 0.6) is 11.5 Å². The number of hydrogen-bond donors (Lipinski definition) is 0. The molecule has 3 heterocycles. The highest BCUT2D eigenvalue weighted by Crippen LogP contribution is 2.38. The third-order valence-corrected chi connectivity index (χ3v) is 7.49. The number of ether oxygens (including phenoxy) is 1. The van der Waals surface area contributed by atoms with E-state index in [1.165, 1.54) is 23.0 Å². The Kier molecular flexibility index (Phi) is 5.71. The Balaban J connectivity index is 1.53. The molecule has 0 saturated carbocycles. The monoisotopic (exact) mass is 519 g/mol. The number of halogens is 3. The number of fused-ring (bicyclic) bond motifs is 1. The summed E-state index contributed by atoms with van der Waals surface area (Å²) in [5.41, 5.74) is 1.49. The molecule has 2 aromatic carbocycles. The van der Waals surface area contributed by atoms with Gasteiger partial charge in [-0.3, -0.25) is 0 Å². The van der Waals surface area contributed by atoms with Crippen molar-refractivity contribution in [2.75, 3.05) is 0 Å². The molecule has 0 radical (unpaired) electrons. The van der Waals surface area contributed by atoms with E-state index >= 15 is 0 Å². The van der Waals surface area contributed by atoms with Crippen molar-refractivity contribution in [2.24, 2.45) is 0 Å². The fraction of sp³-hybridized carbons (Fsp3) is 0.0476. The first kappa shape index (κ1) is 22.3. The van der Waals surface area contributed by atoms with Gasteiger partial charge in [0.25, 0.3) is 0 Å². The molecule has 0 aliphatic carbocycles. The van der Waals surface area contributed by atoms with Crippen LogP contribution in [0.2, 0.25) is 5.02 Å². The second-order valence-corrected chi connectivity index (χ2v) is 10.3. The van der Waals surface area contributed by atoms with Gasteiger partial charge in [-0.2, -0.15) is 9.47 Å². The predicted octanol–water partition coefficient (Wildman–Crippen LogP) is 4.95. The van der Waals surface area contributed by atoms with E-state index in [2.05, 4.69) is 19.4 Å². The van der Waals surface area contributed by atoms with E-state index < -0.39 is 37.9 Å². The van der Waals surface area contributed by atoms with Gasteiger partial charge >= 0.3 is 0 Å². The van der Waals surface area contributed by atoms with Crippen LogP contribution in [0.3, 0.4) is 0 Å². The minimum Gasteiger partial charge on any atom is -0.454 e. The van der Waals surface area contributed by atoms with Gasteiger partial charge in [0, 0.05) is 29.0 Å². The van der Waals surface area contributed by atoms with Crippen LogP contribution >= 0.6 is 23.1 Å². The molecule has 5 rings (SSSR count). The van der Waals surface area contributed by atoms with Crippen LogP contribution in [0.15, 0.2) is 66.2 Å². The maximum Gasteiger partial charge on any atom is 0.187 e. The van der Waals surface area contributed by atoms with E-state index in [4.69, 9.17) is 16.3 Å². The Hall–Kier alpha value is -3.48. The standard InChI is InChI=1S/C21H12ClF2N5O3S2/c22-12-2-3-17(13(6-12)14-9-27-29-5-1-4-25-21(14)29)32-18-7-16(24)19(8-15(18)23)34(30,31)10-20-26-11-28-33-20/h1-9,11H,10H2. The van der Waals surface area contributed by atoms with Crippen LogP contribution in [-0.2, 0) is 15.6 Å². The van der Waals surface area contributed by atoms with Gasteiger partial charge in [-0.25, -0.2) is 31.7 Å². The van der Waals surface area contributed by atoms with Gasteiger partial charge in [-0.1, -0.05) is 11.6 Å². The van der Waals surface area contributed by atoms with Crippen molar-refractivity contribution in [3.8, 4) is 22.6 Å². The molecule has 0 aliphatic heterocycles. The van der Waals surface area contributed by atoms with Crippen LogP contribution in [0.1, 0.15) is 5.01 Å². The molecule has 0 unspecified atom stereocenters. The third kappa shape index (κ3) is 4.22. The van der Waals surface area contributed by atoms with E-state index in [1.54, 1.807) is 30.7 Å². The van der Waals surface area contributed by atoms with Crippen molar-refractivity contribution >= 4 is 38.6 Å². The zero-order valence-corrected chi connectivity index (χ0v) is 19.3. The number of nitrogens with zero attached hydrogens (tertiary/aromatic N) is 5. The molecule has 5 aromatic rings. The fourth-order valence-electron chi connectivity index (χ4n) is 3.26. The quantitative estimate of drug-likeness (QED) is 0.313. The van der Waals surface area contributed by atoms with Gasteiger partial charge in [0.1, 0.15) is 33.6 Å². The second kappa shape index (κ2) is 8.70. The molecule has 34 heavy (non-hydrogen) atoms. The molecule has 0 saturated heterocycles. The van der Waals surface area contributed by atoms with Crippen molar-refractivity contribution in [1.82, 2.24) is 24.0 Å². The lowest BCUT2D eigenvalue weighted by atomic mass is 10.1. The predicted molar refractivity (Wildman–Crippen MR) is 121 cm³/mol. The summed E-state index contributed by atoms with van der Waals surface area (Å²) in [5, 5.41) is 4.76. The van der Waals surface area contributed by atoms with E-state index in [-0.39, 0.29) is 10.8 Å². The average Bonchev–Trinajstić information content (AvgIpc) is 3.46. The smallest absolute Gasteiger partial charge is 0.187 e. The second-order valence-electron chi connectivity index (χ2n) is 7.00. The van der Waals surface area contributed by atoms with E-state index in [1.807, 2.05) is 0 Å². The molecule has 0 spiro atoms. The summed E-state index contributed by atoms with van der Waals surface area (Å²) in [6.45, 7) is 0. The third-order valence-electron chi connectivity index (χ3n) is 4.77. The average molecular weight is 520 g/mol. The molecule has 172 valence electrons. The lowest BCUT2D eigenvalue weighted by molar-refractivity contribution is 0.433. The highest BCUT2D eigenvalue weighted by molar-refractivity contribution is 7.90. The number of benzene rings is 2. The van der Waals surface area contributed by atoms with Crippen LogP contribution < -0.4 is 4.74 Å². The van der Waals surface area contributed by atoms with Crippen molar-refractivity contribution in [3.05, 3.63) is 83.0 Å². The largest absolute Gasteiger partial charge is 0.454 e. The van der Waals surface area contributed by atoms with Gasteiger partial charge in [-0.15, -0.1) is 0 Å². The minimum absolute atomic E-state index is 0.146. The van der Waals surface area contributed by atoms with E-state index in [0.717, 1.165) is 11.5 Å². The lowest BCUT2D eigenvalue weighted by Gasteiger charge is -2.13. The van der Waals surface area contributed by atoms with Crippen molar-refractivity contribution < 1.29 is 21.9 Å². The molecule has 0 aliphatic rings. The zero-order chi connectivity index (χ0) is 23.9. The Labute approximate surface area is 200 Å². The SMILES string of the molecule is O=S(=O)(Cc1ncns1)c1cc(F)c(Oc2ccc(Cl)cc2-c2cnn3cccnc23)cc1F. The summed E-state index contributed by atoms with van der Waals surface area (Å²) in [4.78, 5) is 7.27. The molecule has 0 atom stereocenters. The normalized spacial score (nSPS) is 11.7. The van der Waals surface area contributed by atoms with Gasteiger partial charge in [-0.05, 0) is 41.9 Å². The minimum atomic E-state index is -4.20. The van der Waals surface area contributed by atoms with Gasteiger partial charge in [0.2, 0.25) is 0 Å². The lowest BCUT2D eigenvalue weighted by Crippen LogP contribution is -2.08. The molecule has 8 nitrogen and oxygen atoms in total. The topological polar surface area (TPSA) is 99.3 Å². The van der Waals surface area contributed by atoms with Crippen LogP contribution in [0.25, 0.3) is 16.8 Å². The summed E-state index contributed by atoms with van der Waals surface area (Å²) in [6.07, 6.45) is 6.02. The van der Waals surface area contributed by atoms with E-state index in [9.17, 15) is 17.2 Å². The summed E-state index contributed by atoms with van der Waals surface area (Å²) in [6, 6.07) is 7.58. The summed E-state index contributed by atoms with van der Waals surface area (Å²) >= 11 is 7.02. The zero-order valence-electron chi connectivity index (χ0n) is 16.9. The Morgan fingerprint density at radius 1 is 1.06 bits per heavy atom. The summed E-state index contributed by atoms with van der Waals surface area (Å²) in [7, 11) is -4.20. The van der Waals surface area contributed by atoms with E-state index in [0.29, 0.717) is 33.9 Å². The Bertz CT molecular complexity index is 1630. The van der Waals surface area contributed by atoms with Gasteiger partial charge in [0.05, 0.1) is 11.8 Å². The number of rotatable bonds is 6. The van der Waals surface area contributed by atoms with Crippen molar-refractivity contribution in [1.29, 1.82) is 0 Å². The van der Waals surface area contributed by atoms with Crippen LogP contribution in [0, 0.1) is 11.6 Å². The molecule has 0 fully saturated rings. The summed E-state index contributed by atoms with van der Waals surface area (Å²) < 4.78 is 65.8. The van der Waals surface area contributed by atoms with Gasteiger partial charge in [0.15, 0.2) is 27.1 Å². The maximum absolute atomic E-state index is 14.9. The van der Waals surface area contributed by atoms with Crippen molar-refractivity contribution in [2.45, 2.75) is 10.6 Å². The highest BCUT2D eigenvalue weighted by atomic mass is 35.5. The summed E-state index contributed by atoms with van der Waals surface area (Å²) in [5.74, 6) is -3.17. The first-order valence-electron chi connectivity index (χ1n) is 9.55. The molecular formula is C21H12ClF2N5O3S2. The number of hydrogen-bond acceptors (Lipinski definition) is 8. The molecule has 0 N–H and O–H groups in total. The molecule has 13 heteroatoms. The van der Waals surface area contributed by atoms with Crippen LogP contribution in [0.4, 0.5) is 8.78 Å². The van der Waals surface area contributed by atoms with Gasteiger partial charge < -0.3 is 4.74 Å². The fourth-order valence-corrected chi connectivity index (χ4v) is 5.62. The highest BCUT2D eigenvalue weighted by Gasteiger charge is 2.25. The first-order valence-corrected chi connectivity index (χ1v) is 12.4. The van der Waals surface area contributed by atoms with Crippen molar-refractivity contribution in [3.63, 3.8) is 0 Å². The molecule has 3 aromatic heterocycles. The molecular weight excluding hydrogens is 508 g/mol. The molecule has 0 bridgehead atoms. The molecule has 0 amide bonds. The first-order chi connectivity index (χ1) is 16.3. The Morgan fingerprint density at radius 2 is 1.91 bits per heavy atom. The number of sulfone groups is 1. The maximum atomic E-state index is 14.9. The number of aromatic nitrogens is 5. The van der Waals surface area contributed by atoms with Crippen LogP contribution in [-0.4, -0.2) is 32.4 Å².